The zero-order chi connectivity index (χ0) is 18.7. The molecule has 0 heterocycles. The van der Waals surface area contributed by atoms with Crippen molar-refractivity contribution in [1.29, 1.82) is 0 Å². The van der Waals surface area contributed by atoms with Gasteiger partial charge in [-0.3, -0.25) is 0 Å². The molecule has 0 unspecified atom stereocenters. The molecule has 26 heavy (non-hydrogen) atoms. The summed E-state index contributed by atoms with van der Waals surface area (Å²) in [7, 11) is 3.16. The van der Waals surface area contributed by atoms with E-state index in [0.29, 0.717) is 17.9 Å². The number of rotatable bonds is 5. The maximum absolute atomic E-state index is 10.7. The van der Waals surface area contributed by atoms with Crippen LogP contribution in [0.15, 0.2) is 42.5 Å². The highest BCUT2D eigenvalue weighted by molar-refractivity contribution is 5.53. The van der Waals surface area contributed by atoms with Crippen LogP contribution in [0.3, 0.4) is 0 Å². The Bertz CT molecular complexity index is 782. The van der Waals surface area contributed by atoms with Gasteiger partial charge < -0.3 is 24.8 Å². The minimum Gasteiger partial charge on any atom is -0.508 e. The lowest BCUT2D eigenvalue weighted by atomic mass is 9.77. The Hall–Kier alpha value is -2.50. The van der Waals surface area contributed by atoms with Gasteiger partial charge in [-0.05, 0) is 53.8 Å². The lowest BCUT2D eigenvalue weighted by Crippen LogP contribution is -2.33. The highest BCUT2D eigenvalue weighted by Crippen LogP contribution is 2.41. The molecule has 0 aliphatic heterocycles. The minimum absolute atomic E-state index is 0.195. The van der Waals surface area contributed by atoms with Gasteiger partial charge in [-0.1, -0.05) is 24.3 Å². The predicted octanol–water partition coefficient (Wildman–Crippen LogP) is 2.87. The van der Waals surface area contributed by atoms with Crippen molar-refractivity contribution in [2.24, 2.45) is 0 Å². The molecule has 2 aromatic rings. The number of benzene rings is 2. The monoisotopic (exact) mass is 356 g/mol. The van der Waals surface area contributed by atoms with Gasteiger partial charge in [0.25, 0.3) is 0 Å². The van der Waals surface area contributed by atoms with Crippen LogP contribution in [0, 0.1) is 0 Å². The van der Waals surface area contributed by atoms with Crippen molar-refractivity contribution in [3.63, 3.8) is 0 Å². The first-order chi connectivity index (χ1) is 12.5. The fourth-order valence-corrected chi connectivity index (χ4v) is 3.48. The number of fused-ring (bicyclic) bond motifs is 1. The van der Waals surface area contributed by atoms with E-state index < -0.39 is 18.1 Å². The lowest BCUT2D eigenvalue weighted by molar-refractivity contribution is 0.0640. The fourth-order valence-electron chi connectivity index (χ4n) is 3.48. The molecule has 138 valence electrons. The summed E-state index contributed by atoms with van der Waals surface area (Å²) in [5.74, 6) is 0.989. The molecule has 5 heteroatoms. The Balaban J connectivity index is 1.90. The van der Waals surface area contributed by atoms with Crippen LogP contribution >= 0.6 is 0 Å². The smallest absolute Gasteiger partial charge is 0.161 e. The average molecular weight is 356 g/mol. The van der Waals surface area contributed by atoms with Crippen molar-refractivity contribution in [2.45, 2.75) is 31.0 Å². The molecular formula is C21H24O5. The summed E-state index contributed by atoms with van der Waals surface area (Å²) < 4.78 is 10.7. The molecule has 0 fully saturated rings. The number of phenols is 1. The highest BCUT2D eigenvalue weighted by Gasteiger charge is 2.33. The zero-order valence-electron chi connectivity index (χ0n) is 14.9. The van der Waals surface area contributed by atoms with E-state index in [9.17, 15) is 15.3 Å². The molecule has 0 saturated carbocycles. The molecule has 0 spiro atoms. The summed E-state index contributed by atoms with van der Waals surface area (Å²) in [4.78, 5) is 0. The van der Waals surface area contributed by atoms with Crippen molar-refractivity contribution in [2.75, 3.05) is 14.2 Å². The molecular weight excluding hydrogens is 332 g/mol. The van der Waals surface area contributed by atoms with E-state index in [1.165, 1.54) is 0 Å². The molecule has 0 radical (unpaired) electrons. The van der Waals surface area contributed by atoms with Crippen molar-refractivity contribution >= 4 is 6.08 Å². The molecule has 1 aliphatic rings. The van der Waals surface area contributed by atoms with E-state index >= 15 is 0 Å². The molecule has 3 atom stereocenters. The standard InChI is InChI=1S/C21H24O5/c1-25-19-11-14-6-10-18(24)21(16(14)12-20(19)26-2)17(23)9-5-13-3-7-15(22)8-4-13/h3-5,7-9,11-12,17-18,21-24H,6,10H2,1-2H3/t17-,18-,21-/m1/s1. The first-order valence-corrected chi connectivity index (χ1v) is 8.61. The van der Waals surface area contributed by atoms with Gasteiger partial charge in [-0.25, -0.2) is 0 Å². The Morgan fingerprint density at radius 1 is 1.08 bits per heavy atom. The summed E-state index contributed by atoms with van der Waals surface area (Å²) in [6, 6.07) is 10.5. The lowest BCUT2D eigenvalue weighted by Gasteiger charge is -2.33. The molecule has 0 bridgehead atoms. The third kappa shape index (κ3) is 3.69. The van der Waals surface area contributed by atoms with Crippen LogP contribution in [0.1, 0.15) is 29.0 Å². The molecule has 0 amide bonds. The first kappa shape index (κ1) is 18.3. The molecule has 0 saturated heterocycles. The summed E-state index contributed by atoms with van der Waals surface area (Å²) >= 11 is 0. The predicted molar refractivity (Wildman–Crippen MR) is 99.8 cm³/mol. The van der Waals surface area contributed by atoms with E-state index in [0.717, 1.165) is 23.1 Å². The number of aliphatic hydroxyl groups is 2. The van der Waals surface area contributed by atoms with Gasteiger partial charge in [0.15, 0.2) is 11.5 Å². The van der Waals surface area contributed by atoms with E-state index in [1.807, 2.05) is 12.1 Å². The topological polar surface area (TPSA) is 79.2 Å². The Labute approximate surface area is 153 Å². The van der Waals surface area contributed by atoms with Gasteiger partial charge >= 0.3 is 0 Å². The first-order valence-electron chi connectivity index (χ1n) is 8.61. The van der Waals surface area contributed by atoms with Gasteiger partial charge in [0.1, 0.15) is 5.75 Å². The number of aryl methyl sites for hydroxylation is 1. The van der Waals surface area contributed by atoms with Gasteiger partial charge in [0.05, 0.1) is 26.4 Å². The summed E-state index contributed by atoms with van der Waals surface area (Å²) in [6.07, 6.45) is 3.27. The maximum Gasteiger partial charge on any atom is 0.161 e. The van der Waals surface area contributed by atoms with E-state index in [1.54, 1.807) is 50.6 Å². The van der Waals surface area contributed by atoms with Gasteiger partial charge in [-0.15, -0.1) is 0 Å². The SMILES string of the molecule is COc1cc2c(cc1OC)[C@H]([C@H](O)C=Cc1ccc(O)cc1)[C@H](O)CC2. The Kier molecular flexibility index (Phi) is 5.49. The number of phenolic OH excluding ortho intramolecular Hbond substituents is 1. The zero-order valence-corrected chi connectivity index (χ0v) is 14.9. The normalized spacial score (nSPS) is 20.6. The van der Waals surface area contributed by atoms with Gasteiger partial charge in [0.2, 0.25) is 0 Å². The van der Waals surface area contributed by atoms with Crippen molar-refractivity contribution in [3.8, 4) is 17.2 Å². The third-order valence-corrected chi connectivity index (χ3v) is 4.88. The van der Waals surface area contributed by atoms with Crippen LogP contribution in [0.5, 0.6) is 17.2 Å². The van der Waals surface area contributed by atoms with Gasteiger partial charge in [0, 0.05) is 5.92 Å². The van der Waals surface area contributed by atoms with Crippen LogP contribution in [0.4, 0.5) is 0 Å². The van der Waals surface area contributed by atoms with Crippen molar-refractivity contribution in [1.82, 2.24) is 0 Å². The quantitative estimate of drug-likeness (QED) is 0.768. The number of aromatic hydroxyl groups is 1. The molecule has 3 N–H and O–H groups in total. The van der Waals surface area contributed by atoms with E-state index in [2.05, 4.69) is 0 Å². The summed E-state index contributed by atoms with van der Waals surface area (Å²) in [5, 5.41) is 30.6. The van der Waals surface area contributed by atoms with E-state index in [4.69, 9.17) is 9.47 Å². The highest BCUT2D eigenvalue weighted by atomic mass is 16.5. The molecule has 2 aromatic carbocycles. The molecule has 0 aromatic heterocycles. The van der Waals surface area contributed by atoms with Crippen LogP contribution in [0.2, 0.25) is 0 Å². The van der Waals surface area contributed by atoms with Crippen LogP contribution < -0.4 is 9.47 Å². The Morgan fingerprint density at radius 3 is 2.38 bits per heavy atom. The van der Waals surface area contributed by atoms with Crippen LogP contribution in [0.25, 0.3) is 6.08 Å². The van der Waals surface area contributed by atoms with Gasteiger partial charge in [-0.2, -0.15) is 0 Å². The minimum atomic E-state index is -0.851. The van der Waals surface area contributed by atoms with E-state index in [-0.39, 0.29) is 5.75 Å². The van der Waals surface area contributed by atoms with Crippen LogP contribution in [-0.2, 0) is 6.42 Å². The molecule has 3 rings (SSSR count). The number of methoxy groups -OCH3 is 2. The number of aliphatic hydroxyl groups excluding tert-OH is 2. The largest absolute Gasteiger partial charge is 0.508 e. The average Bonchev–Trinajstić information content (AvgIpc) is 2.66. The Morgan fingerprint density at radius 2 is 1.73 bits per heavy atom. The third-order valence-electron chi connectivity index (χ3n) is 4.88. The summed E-state index contributed by atoms with van der Waals surface area (Å²) in [5.41, 5.74) is 2.79. The second-order valence-electron chi connectivity index (χ2n) is 6.48. The molecule has 5 nitrogen and oxygen atoms in total. The van der Waals surface area contributed by atoms with Crippen molar-refractivity contribution < 1.29 is 24.8 Å². The second-order valence-corrected chi connectivity index (χ2v) is 6.48. The maximum atomic E-state index is 10.7. The van der Waals surface area contributed by atoms with Crippen LogP contribution in [-0.4, -0.2) is 41.7 Å². The number of ether oxygens (including phenoxy) is 2. The second kappa shape index (κ2) is 7.81. The molecule has 1 aliphatic carbocycles. The number of hydrogen-bond acceptors (Lipinski definition) is 5. The number of hydrogen-bond donors (Lipinski definition) is 3. The van der Waals surface area contributed by atoms with Crippen molar-refractivity contribution in [3.05, 3.63) is 59.2 Å². The summed E-state index contributed by atoms with van der Waals surface area (Å²) in [6.45, 7) is 0. The fraction of sp³-hybridized carbons (Fsp3) is 0.333.